The van der Waals surface area contributed by atoms with E-state index in [0.29, 0.717) is 29.6 Å². The number of pyridine rings is 1. The minimum atomic E-state index is -0.416. The molecule has 8 heteroatoms. The van der Waals surface area contributed by atoms with Crippen LogP contribution in [0.4, 0.5) is 4.39 Å². The summed E-state index contributed by atoms with van der Waals surface area (Å²) in [6, 6.07) is 4.53. The number of piperidine rings is 1. The first-order valence-electron chi connectivity index (χ1n) is 15.2. The molecule has 2 saturated heterocycles. The van der Waals surface area contributed by atoms with Crippen molar-refractivity contribution < 1.29 is 14.0 Å². The number of carbonyl (C=O) groups excluding carboxylic acids is 2. The van der Waals surface area contributed by atoms with Crippen LogP contribution >= 0.6 is 0 Å². The third kappa shape index (κ3) is 6.17. The summed E-state index contributed by atoms with van der Waals surface area (Å²) in [7, 11) is 0. The molecule has 2 amide bonds. The summed E-state index contributed by atoms with van der Waals surface area (Å²) in [5.41, 5.74) is 4.36. The van der Waals surface area contributed by atoms with Crippen molar-refractivity contribution in [3.63, 3.8) is 0 Å². The average molecular weight is 562 g/mol. The molecule has 2 aliphatic heterocycles. The van der Waals surface area contributed by atoms with Crippen LogP contribution in [-0.2, 0) is 11.2 Å². The zero-order chi connectivity index (χ0) is 29.3. The fraction of sp³-hybridized carbons (Fsp3) is 0.545. The van der Waals surface area contributed by atoms with Crippen LogP contribution in [0.15, 0.2) is 36.8 Å². The summed E-state index contributed by atoms with van der Waals surface area (Å²) in [4.78, 5) is 36.1. The second kappa shape index (κ2) is 12.3. The number of hydrogen-bond acceptors (Lipinski definition) is 4. The molecule has 1 atom stereocenters. The molecular formula is C33H44FN5O2. The Kier molecular flexibility index (Phi) is 8.78. The van der Waals surface area contributed by atoms with E-state index >= 15 is 0 Å². The molecule has 4 heterocycles. The molecule has 2 fully saturated rings. The molecule has 7 nitrogen and oxygen atoms in total. The number of rotatable bonds is 8. The molecule has 3 aromatic rings. The van der Waals surface area contributed by atoms with E-state index in [9.17, 15) is 14.0 Å². The zero-order valence-electron chi connectivity index (χ0n) is 25.2. The lowest BCUT2D eigenvalue weighted by atomic mass is 9.96. The summed E-state index contributed by atoms with van der Waals surface area (Å²) in [5.74, 6) is 0.809. The van der Waals surface area contributed by atoms with Crippen LogP contribution in [0.3, 0.4) is 0 Å². The lowest BCUT2D eigenvalue weighted by Crippen LogP contribution is -2.40. The maximum absolute atomic E-state index is 14.5. The van der Waals surface area contributed by atoms with E-state index in [1.54, 1.807) is 17.9 Å². The normalized spacial score (nSPS) is 18.5. The molecule has 220 valence electrons. The number of likely N-dealkylation sites (tertiary alicyclic amines) is 2. The second-order valence-electron chi connectivity index (χ2n) is 12.3. The number of hydrogen-bond donors (Lipinski definition) is 0. The van der Waals surface area contributed by atoms with Gasteiger partial charge in [-0.3, -0.25) is 14.6 Å². The fourth-order valence-corrected chi connectivity index (χ4v) is 6.93. The number of carbonyl (C=O) groups is 2. The van der Waals surface area contributed by atoms with Gasteiger partial charge in [-0.25, -0.2) is 4.39 Å². The first-order valence-corrected chi connectivity index (χ1v) is 15.2. The highest BCUT2D eigenvalue weighted by Gasteiger charge is 2.29. The van der Waals surface area contributed by atoms with Crippen LogP contribution in [0.2, 0.25) is 0 Å². The van der Waals surface area contributed by atoms with Gasteiger partial charge in [0.1, 0.15) is 5.82 Å². The second-order valence-corrected chi connectivity index (χ2v) is 12.3. The van der Waals surface area contributed by atoms with Crippen LogP contribution in [0.5, 0.6) is 0 Å². The van der Waals surface area contributed by atoms with Gasteiger partial charge in [0, 0.05) is 63.5 Å². The van der Waals surface area contributed by atoms with Gasteiger partial charge in [-0.2, -0.15) is 0 Å². The number of nitrogens with zero attached hydrogens (tertiary/aromatic N) is 5. The number of aromatic nitrogens is 2. The lowest BCUT2D eigenvalue weighted by Gasteiger charge is -2.33. The minimum absolute atomic E-state index is 0.0106. The van der Waals surface area contributed by atoms with Gasteiger partial charge in [0.25, 0.3) is 5.91 Å². The third-order valence-corrected chi connectivity index (χ3v) is 9.11. The molecule has 41 heavy (non-hydrogen) atoms. The van der Waals surface area contributed by atoms with Crippen molar-refractivity contribution in [2.24, 2.45) is 11.8 Å². The van der Waals surface area contributed by atoms with Crippen LogP contribution in [0, 0.1) is 24.6 Å². The van der Waals surface area contributed by atoms with E-state index in [1.165, 1.54) is 23.1 Å². The van der Waals surface area contributed by atoms with Gasteiger partial charge >= 0.3 is 0 Å². The lowest BCUT2D eigenvalue weighted by molar-refractivity contribution is -0.130. The largest absolute Gasteiger partial charge is 0.343 e. The molecule has 0 saturated carbocycles. The van der Waals surface area contributed by atoms with Gasteiger partial charge in [-0.15, -0.1) is 0 Å². The Morgan fingerprint density at radius 3 is 2.51 bits per heavy atom. The van der Waals surface area contributed by atoms with E-state index in [4.69, 9.17) is 0 Å². The van der Waals surface area contributed by atoms with E-state index in [0.717, 1.165) is 69.5 Å². The molecule has 2 aromatic heterocycles. The molecular weight excluding hydrogens is 517 g/mol. The standard InChI is InChI=1S/C33H44FN5O2/c1-6-38(22(2)3)33(41)29-16-28(34)7-8-30(29)39-21-27(32-23(4)17-35-18-31(32)39)15-26-9-12-36(20-26)19-25-10-13-37(14-11-25)24(5)40/h7-8,16-18,21-22,25-26H,6,9-15,19-20H2,1-5H3/t26-/m0/s1. The molecule has 0 bridgehead atoms. The summed E-state index contributed by atoms with van der Waals surface area (Å²) < 4.78 is 16.5. The van der Waals surface area contributed by atoms with Crippen molar-refractivity contribution in [2.45, 2.75) is 66.3 Å². The van der Waals surface area contributed by atoms with Crippen LogP contribution in [-0.4, -0.2) is 81.4 Å². The summed E-state index contributed by atoms with van der Waals surface area (Å²) in [5, 5.41) is 1.17. The van der Waals surface area contributed by atoms with Gasteiger partial charge in [-0.1, -0.05) is 0 Å². The SMILES string of the molecule is CCN(C(=O)c1cc(F)ccc1-n1cc(C[C@@H]2CCN(CC3CCN(C(C)=O)CC3)C2)c2c(C)cncc21)C(C)C. The van der Waals surface area contributed by atoms with Crippen molar-refractivity contribution in [1.29, 1.82) is 0 Å². The monoisotopic (exact) mass is 561 g/mol. The minimum Gasteiger partial charge on any atom is -0.343 e. The van der Waals surface area contributed by atoms with Gasteiger partial charge < -0.3 is 19.3 Å². The van der Waals surface area contributed by atoms with Gasteiger partial charge in [0.15, 0.2) is 0 Å². The maximum atomic E-state index is 14.5. The number of amides is 2. The van der Waals surface area contributed by atoms with E-state index < -0.39 is 5.82 Å². The van der Waals surface area contributed by atoms with Gasteiger partial charge in [-0.05, 0) is 101 Å². The Morgan fingerprint density at radius 1 is 1.10 bits per heavy atom. The molecule has 0 radical (unpaired) electrons. The Labute approximate surface area is 243 Å². The quantitative estimate of drug-likeness (QED) is 0.366. The number of fused-ring (bicyclic) bond motifs is 1. The van der Waals surface area contributed by atoms with Crippen molar-refractivity contribution in [3.8, 4) is 5.69 Å². The van der Waals surface area contributed by atoms with Crippen LogP contribution in [0.1, 0.15) is 68.4 Å². The van der Waals surface area contributed by atoms with Crippen molar-refractivity contribution in [2.75, 3.05) is 39.3 Å². The fourth-order valence-electron chi connectivity index (χ4n) is 6.93. The highest BCUT2D eigenvalue weighted by atomic mass is 19.1. The Hall–Kier alpha value is -3.26. The van der Waals surface area contributed by atoms with E-state index in [2.05, 4.69) is 23.0 Å². The molecule has 0 aliphatic carbocycles. The van der Waals surface area contributed by atoms with E-state index in [-0.39, 0.29) is 17.9 Å². The predicted molar refractivity (Wildman–Crippen MR) is 161 cm³/mol. The molecule has 2 aliphatic rings. The molecule has 0 spiro atoms. The third-order valence-electron chi connectivity index (χ3n) is 9.11. The number of benzene rings is 1. The number of halogens is 1. The first-order chi connectivity index (χ1) is 19.7. The predicted octanol–water partition coefficient (Wildman–Crippen LogP) is 5.47. The first kappa shape index (κ1) is 29.2. The van der Waals surface area contributed by atoms with Crippen LogP contribution in [0.25, 0.3) is 16.6 Å². The summed E-state index contributed by atoms with van der Waals surface area (Å²) in [6.07, 6.45) is 10.2. The smallest absolute Gasteiger partial charge is 0.256 e. The number of aryl methyl sites for hydroxylation is 1. The maximum Gasteiger partial charge on any atom is 0.256 e. The summed E-state index contributed by atoms with van der Waals surface area (Å²) in [6.45, 7) is 15.3. The van der Waals surface area contributed by atoms with Crippen LogP contribution < -0.4 is 0 Å². The molecule has 5 rings (SSSR count). The van der Waals surface area contributed by atoms with E-state index in [1.807, 2.05) is 42.6 Å². The highest BCUT2D eigenvalue weighted by molar-refractivity contribution is 5.99. The Bertz CT molecular complexity index is 1410. The topological polar surface area (TPSA) is 61.7 Å². The average Bonchev–Trinajstić information content (AvgIpc) is 3.54. The van der Waals surface area contributed by atoms with Gasteiger partial charge in [0.05, 0.1) is 23.0 Å². The Morgan fingerprint density at radius 2 is 1.83 bits per heavy atom. The van der Waals surface area contributed by atoms with Crippen molar-refractivity contribution >= 4 is 22.7 Å². The summed E-state index contributed by atoms with van der Waals surface area (Å²) >= 11 is 0. The van der Waals surface area contributed by atoms with Crippen molar-refractivity contribution in [3.05, 3.63) is 59.3 Å². The zero-order valence-corrected chi connectivity index (χ0v) is 25.2. The Balaban J connectivity index is 1.39. The molecule has 0 N–H and O–H groups in total. The van der Waals surface area contributed by atoms with Gasteiger partial charge in [0.2, 0.25) is 5.91 Å². The molecule has 1 aromatic carbocycles. The molecule has 0 unspecified atom stereocenters. The highest BCUT2D eigenvalue weighted by Crippen LogP contribution is 2.33. The van der Waals surface area contributed by atoms with Crippen molar-refractivity contribution in [1.82, 2.24) is 24.3 Å².